The Labute approximate surface area is 89.1 Å². The van der Waals surface area contributed by atoms with E-state index in [1.54, 1.807) is 0 Å². The molecule has 4 N–H and O–H groups in total. The minimum Gasteiger partial charge on any atom is -0.478 e. The lowest BCUT2D eigenvalue weighted by Gasteiger charge is -2.15. The van der Waals surface area contributed by atoms with Gasteiger partial charge in [0.15, 0.2) is 5.75 Å². The standard InChI is InChI=1S/C8H10F3N3O2/c1-15-7-6(16-8(9,10)11)4(3-12)2-5(13)14-7/h2H,3,12H2,1H3,(H2,13,14). The fourth-order valence-electron chi connectivity index (χ4n) is 1.10. The Morgan fingerprint density at radius 3 is 2.50 bits per heavy atom. The molecule has 90 valence electrons. The highest BCUT2D eigenvalue weighted by Gasteiger charge is 2.34. The van der Waals surface area contributed by atoms with Crippen LogP contribution in [0.25, 0.3) is 0 Å². The summed E-state index contributed by atoms with van der Waals surface area (Å²) in [6.07, 6.45) is -4.84. The maximum atomic E-state index is 12.1. The maximum absolute atomic E-state index is 12.1. The summed E-state index contributed by atoms with van der Waals surface area (Å²) in [5.41, 5.74) is 10.7. The van der Waals surface area contributed by atoms with Crippen molar-refractivity contribution >= 4 is 5.82 Å². The van der Waals surface area contributed by atoms with Crippen molar-refractivity contribution in [3.8, 4) is 11.6 Å². The van der Waals surface area contributed by atoms with Gasteiger partial charge >= 0.3 is 6.36 Å². The smallest absolute Gasteiger partial charge is 0.478 e. The number of halogens is 3. The average molecular weight is 237 g/mol. The minimum atomic E-state index is -4.84. The van der Waals surface area contributed by atoms with Gasteiger partial charge in [-0.15, -0.1) is 13.2 Å². The summed E-state index contributed by atoms with van der Waals surface area (Å²) in [6, 6.07) is 1.20. The summed E-state index contributed by atoms with van der Waals surface area (Å²) in [7, 11) is 1.16. The Kier molecular flexibility index (Phi) is 3.43. The normalized spacial score (nSPS) is 11.3. The van der Waals surface area contributed by atoms with Crippen LogP contribution in [-0.4, -0.2) is 18.5 Å². The van der Waals surface area contributed by atoms with Gasteiger partial charge in [-0.25, -0.2) is 0 Å². The van der Waals surface area contributed by atoms with Crippen LogP contribution in [0.3, 0.4) is 0 Å². The molecule has 0 unspecified atom stereocenters. The molecule has 1 aromatic heterocycles. The molecular weight excluding hydrogens is 227 g/mol. The van der Waals surface area contributed by atoms with Crippen LogP contribution >= 0.6 is 0 Å². The first-order valence-electron chi connectivity index (χ1n) is 4.16. The molecule has 0 aliphatic heterocycles. The zero-order chi connectivity index (χ0) is 12.3. The molecule has 1 heterocycles. The number of ether oxygens (including phenoxy) is 2. The molecule has 1 aromatic rings. The first kappa shape index (κ1) is 12.4. The molecule has 5 nitrogen and oxygen atoms in total. The second-order valence-corrected chi connectivity index (χ2v) is 2.80. The highest BCUT2D eigenvalue weighted by atomic mass is 19.4. The van der Waals surface area contributed by atoms with Gasteiger partial charge < -0.3 is 20.9 Å². The van der Waals surface area contributed by atoms with Gasteiger partial charge in [0.05, 0.1) is 7.11 Å². The molecule has 0 amide bonds. The number of aromatic nitrogens is 1. The van der Waals surface area contributed by atoms with E-state index in [1.165, 1.54) is 6.07 Å². The first-order valence-corrected chi connectivity index (χ1v) is 4.16. The summed E-state index contributed by atoms with van der Waals surface area (Å²) in [4.78, 5) is 3.56. The average Bonchev–Trinajstić information content (AvgIpc) is 2.18. The number of methoxy groups -OCH3 is 1. The Hall–Kier alpha value is -1.70. The van der Waals surface area contributed by atoms with E-state index in [0.717, 1.165) is 7.11 Å². The van der Waals surface area contributed by atoms with E-state index in [4.69, 9.17) is 11.5 Å². The lowest BCUT2D eigenvalue weighted by molar-refractivity contribution is -0.275. The van der Waals surface area contributed by atoms with Crippen LogP contribution < -0.4 is 20.9 Å². The van der Waals surface area contributed by atoms with Crippen molar-refractivity contribution in [2.75, 3.05) is 12.8 Å². The van der Waals surface area contributed by atoms with E-state index >= 15 is 0 Å². The number of pyridine rings is 1. The first-order chi connectivity index (χ1) is 7.37. The zero-order valence-electron chi connectivity index (χ0n) is 8.34. The largest absolute Gasteiger partial charge is 0.573 e. The third-order valence-corrected chi connectivity index (χ3v) is 1.67. The molecular formula is C8H10F3N3O2. The molecule has 8 heteroatoms. The maximum Gasteiger partial charge on any atom is 0.573 e. The van der Waals surface area contributed by atoms with Crippen LogP contribution in [0, 0.1) is 0 Å². The minimum absolute atomic E-state index is 0.00632. The molecule has 0 saturated carbocycles. The summed E-state index contributed by atoms with van der Waals surface area (Å²) in [5, 5.41) is 0. The van der Waals surface area contributed by atoms with Gasteiger partial charge in [0, 0.05) is 12.1 Å². The van der Waals surface area contributed by atoms with Gasteiger partial charge in [-0.3, -0.25) is 0 Å². The SMILES string of the molecule is COc1nc(N)cc(CN)c1OC(F)(F)F. The molecule has 16 heavy (non-hydrogen) atoms. The van der Waals surface area contributed by atoms with Gasteiger partial charge in [-0.05, 0) is 6.07 Å². The number of rotatable bonds is 3. The second-order valence-electron chi connectivity index (χ2n) is 2.80. The summed E-state index contributed by atoms with van der Waals surface area (Å²) in [6.45, 7) is -0.172. The lowest BCUT2D eigenvalue weighted by Crippen LogP contribution is -2.20. The number of nitrogen functional groups attached to an aromatic ring is 1. The lowest BCUT2D eigenvalue weighted by atomic mass is 10.2. The molecule has 0 aliphatic carbocycles. The third kappa shape index (κ3) is 2.89. The van der Waals surface area contributed by atoms with Crippen LogP contribution in [0.1, 0.15) is 5.56 Å². The van der Waals surface area contributed by atoms with Crippen LogP contribution in [0.4, 0.5) is 19.0 Å². The van der Waals surface area contributed by atoms with Crippen molar-refractivity contribution in [1.29, 1.82) is 0 Å². The van der Waals surface area contributed by atoms with Gasteiger partial charge in [0.2, 0.25) is 0 Å². The van der Waals surface area contributed by atoms with Crippen molar-refractivity contribution in [2.24, 2.45) is 5.73 Å². The number of alkyl halides is 3. The molecule has 0 spiro atoms. The van der Waals surface area contributed by atoms with Gasteiger partial charge in [-0.1, -0.05) is 0 Å². The van der Waals surface area contributed by atoms with E-state index < -0.39 is 12.1 Å². The molecule has 0 atom stereocenters. The second kappa shape index (κ2) is 4.44. The van der Waals surface area contributed by atoms with Crippen LogP contribution in [-0.2, 0) is 6.54 Å². The predicted molar refractivity (Wildman–Crippen MR) is 49.8 cm³/mol. The Balaban J connectivity index is 3.22. The fraction of sp³-hybridized carbons (Fsp3) is 0.375. The third-order valence-electron chi connectivity index (χ3n) is 1.67. The highest BCUT2D eigenvalue weighted by molar-refractivity contribution is 5.49. The summed E-state index contributed by atoms with van der Waals surface area (Å²) >= 11 is 0. The Morgan fingerprint density at radius 1 is 1.44 bits per heavy atom. The number of hydrogen-bond acceptors (Lipinski definition) is 5. The Morgan fingerprint density at radius 2 is 2.06 bits per heavy atom. The van der Waals surface area contributed by atoms with E-state index in [1.807, 2.05) is 0 Å². The molecule has 0 radical (unpaired) electrons. The predicted octanol–water partition coefficient (Wildman–Crippen LogP) is 1.03. The zero-order valence-corrected chi connectivity index (χ0v) is 8.34. The van der Waals surface area contributed by atoms with Crippen molar-refractivity contribution in [3.63, 3.8) is 0 Å². The van der Waals surface area contributed by atoms with Crippen molar-refractivity contribution in [3.05, 3.63) is 11.6 Å². The fourth-order valence-corrected chi connectivity index (χ4v) is 1.10. The van der Waals surface area contributed by atoms with E-state index in [0.29, 0.717) is 0 Å². The molecule has 0 fully saturated rings. The van der Waals surface area contributed by atoms with Crippen LogP contribution in [0.2, 0.25) is 0 Å². The van der Waals surface area contributed by atoms with Gasteiger partial charge in [0.25, 0.3) is 5.88 Å². The highest BCUT2D eigenvalue weighted by Crippen LogP contribution is 2.34. The van der Waals surface area contributed by atoms with Crippen molar-refractivity contribution in [2.45, 2.75) is 12.9 Å². The van der Waals surface area contributed by atoms with Crippen molar-refractivity contribution in [1.82, 2.24) is 4.98 Å². The van der Waals surface area contributed by atoms with Crippen LogP contribution in [0.5, 0.6) is 11.6 Å². The number of nitrogens with zero attached hydrogens (tertiary/aromatic N) is 1. The quantitative estimate of drug-likeness (QED) is 0.820. The van der Waals surface area contributed by atoms with E-state index in [-0.39, 0.29) is 23.8 Å². The molecule has 1 rings (SSSR count). The number of nitrogens with two attached hydrogens (primary N) is 2. The summed E-state index contributed by atoms with van der Waals surface area (Å²) in [5.74, 6) is -0.906. The summed E-state index contributed by atoms with van der Waals surface area (Å²) < 4.78 is 44.7. The number of anilines is 1. The topological polar surface area (TPSA) is 83.4 Å². The van der Waals surface area contributed by atoms with E-state index in [2.05, 4.69) is 14.5 Å². The van der Waals surface area contributed by atoms with Crippen molar-refractivity contribution < 1.29 is 22.6 Å². The Bertz CT molecular complexity index is 356. The molecule has 0 saturated heterocycles. The molecule has 0 bridgehead atoms. The molecule has 0 aromatic carbocycles. The van der Waals surface area contributed by atoms with E-state index in [9.17, 15) is 13.2 Å². The van der Waals surface area contributed by atoms with Gasteiger partial charge in [0.1, 0.15) is 5.82 Å². The number of hydrogen-bond donors (Lipinski definition) is 2. The molecule has 0 aliphatic rings. The van der Waals surface area contributed by atoms with Crippen LogP contribution in [0.15, 0.2) is 6.07 Å². The monoisotopic (exact) mass is 237 g/mol. The van der Waals surface area contributed by atoms with Gasteiger partial charge in [-0.2, -0.15) is 4.98 Å².